The number of ether oxygens (including phenoxy) is 3. The Balaban J connectivity index is 2.23. The van der Waals surface area contributed by atoms with Gasteiger partial charge in [-0.1, -0.05) is 51.9 Å². The topological polar surface area (TPSA) is 65.0 Å². The van der Waals surface area contributed by atoms with Gasteiger partial charge in [-0.3, -0.25) is 4.79 Å². The first-order valence-corrected chi connectivity index (χ1v) is 10.6. The van der Waals surface area contributed by atoms with Gasteiger partial charge in [-0.15, -0.1) is 0 Å². The summed E-state index contributed by atoms with van der Waals surface area (Å²) in [6.45, 7) is 4.10. The van der Waals surface area contributed by atoms with Crippen LogP contribution in [-0.4, -0.2) is 31.9 Å². The first-order valence-electron chi connectivity index (χ1n) is 10.6. The smallest absolute Gasteiger partial charge is 0.302 e. The molecule has 28 heavy (non-hydrogen) atoms. The van der Waals surface area contributed by atoms with Crippen LogP contribution >= 0.6 is 0 Å². The zero-order chi connectivity index (χ0) is 20.8. The Morgan fingerprint density at radius 3 is 2.00 bits per heavy atom. The molecule has 0 heterocycles. The molecule has 0 aromatic heterocycles. The van der Waals surface area contributed by atoms with Crippen molar-refractivity contribution in [2.45, 2.75) is 84.5 Å². The minimum atomic E-state index is -0.188. The fourth-order valence-electron chi connectivity index (χ4n) is 3.52. The van der Waals surface area contributed by atoms with E-state index in [0.717, 1.165) is 43.2 Å². The molecule has 0 bridgehead atoms. The molecule has 0 aliphatic heterocycles. The molecule has 0 aliphatic rings. The summed E-state index contributed by atoms with van der Waals surface area (Å²) in [6.07, 6.45) is 12.3. The number of unbranched alkanes of at least 4 members (excludes halogenated alkanes) is 8. The van der Waals surface area contributed by atoms with E-state index in [-0.39, 0.29) is 11.7 Å². The van der Waals surface area contributed by atoms with Gasteiger partial charge in [-0.25, -0.2) is 0 Å². The number of phenols is 1. The second-order valence-electron chi connectivity index (χ2n) is 7.22. The van der Waals surface area contributed by atoms with Crippen LogP contribution < -0.4 is 9.47 Å². The van der Waals surface area contributed by atoms with Gasteiger partial charge < -0.3 is 19.3 Å². The van der Waals surface area contributed by atoms with Crippen molar-refractivity contribution in [2.24, 2.45) is 0 Å². The monoisotopic (exact) mass is 394 g/mol. The van der Waals surface area contributed by atoms with E-state index in [1.807, 2.05) is 6.07 Å². The van der Waals surface area contributed by atoms with Crippen molar-refractivity contribution in [1.29, 1.82) is 0 Å². The third-order valence-electron chi connectivity index (χ3n) is 5.10. The fourth-order valence-corrected chi connectivity index (χ4v) is 3.52. The summed E-state index contributed by atoms with van der Waals surface area (Å²) in [5.74, 6) is 1.07. The number of methoxy groups -OCH3 is 2. The molecule has 1 N–H and O–H groups in total. The van der Waals surface area contributed by atoms with Gasteiger partial charge in [0.1, 0.15) is 0 Å². The van der Waals surface area contributed by atoms with E-state index in [2.05, 4.69) is 6.92 Å². The summed E-state index contributed by atoms with van der Waals surface area (Å²) in [6, 6.07) is 1.98. The molecule has 1 rings (SSSR count). The lowest BCUT2D eigenvalue weighted by Crippen LogP contribution is -2.00. The number of esters is 1. The Kier molecular flexibility index (Phi) is 12.2. The molecule has 0 spiro atoms. The highest BCUT2D eigenvalue weighted by molar-refractivity contribution is 5.65. The summed E-state index contributed by atoms with van der Waals surface area (Å²) in [5.41, 5.74) is 2.12. The van der Waals surface area contributed by atoms with Crippen molar-refractivity contribution < 1.29 is 24.1 Å². The number of aromatic hydroxyl groups is 1. The Morgan fingerprint density at radius 2 is 1.50 bits per heavy atom. The lowest BCUT2D eigenvalue weighted by atomic mass is 9.96. The second-order valence-corrected chi connectivity index (χ2v) is 7.22. The molecule has 1 aromatic carbocycles. The van der Waals surface area contributed by atoms with Crippen molar-refractivity contribution >= 4 is 5.97 Å². The molecule has 0 saturated carbocycles. The molecule has 0 aliphatic carbocycles. The Labute approximate surface area is 170 Å². The molecular weight excluding hydrogens is 356 g/mol. The van der Waals surface area contributed by atoms with E-state index in [9.17, 15) is 9.90 Å². The molecule has 5 nitrogen and oxygen atoms in total. The van der Waals surface area contributed by atoms with Crippen LogP contribution in [0.3, 0.4) is 0 Å². The van der Waals surface area contributed by atoms with E-state index < -0.39 is 0 Å². The van der Waals surface area contributed by atoms with Gasteiger partial charge in [-0.05, 0) is 37.3 Å². The van der Waals surface area contributed by atoms with Crippen molar-refractivity contribution in [2.75, 3.05) is 20.8 Å². The number of carbonyl (C=O) groups is 1. The molecule has 0 unspecified atom stereocenters. The van der Waals surface area contributed by atoms with E-state index >= 15 is 0 Å². The van der Waals surface area contributed by atoms with Crippen molar-refractivity contribution in [1.82, 2.24) is 0 Å². The van der Waals surface area contributed by atoms with E-state index in [0.29, 0.717) is 18.1 Å². The highest BCUT2D eigenvalue weighted by Crippen LogP contribution is 2.42. The first kappa shape index (κ1) is 24.1. The number of aryl methyl sites for hydroxylation is 1. The van der Waals surface area contributed by atoms with E-state index in [1.54, 1.807) is 14.2 Å². The first-order chi connectivity index (χ1) is 13.5. The van der Waals surface area contributed by atoms with Crippen LogP contribution in [0, 0.1) is 0 Å². The van der Waals surface area contributed by atoms with Gasteiger partial charge in [0.2, 0.25) is 5.75 Å². The molecule has 0 radical (unpaired) electrons. The maximum absolute atomic E-state index is 10.7. The molecule has 0 atom stereocenters. The minimum absolute atomic E-state index is 0.188. The fraction of sp³-hybridized carbons (Fsp3) is 0.696. The van der Waals surface area contributed by atoms with Crippen LogP contribution in [0.25, 0.3) is 0 Å². The molecule has 160 valence electrons. The average Bonchev–Trinajstić information content (AvgIpc) is 2.68. The molecule has 5 heteroatoms. The Morgan fingerprint density at radius 1 is 0.929 bits per heavy atom. The quantitative estimate of drug-likeness (QED) is 0.310. The molecule has 0 saturated heterocycles. The van der Waals surface area contributed by atoms with E-state index in [4.69, 9.17) is 14.2 Å². The number of hydrogen-bond donors (Lipinski definition) is 1. The maximum Gasteiger partial charge on any atom is 0.302 e. The molecule has 0 fully saturated rings. The summed E-state index contributed by atoms with van der Waals surface area (Å²) in [5, 5.41) is 10.6. The Bertz CT molecular complexity index is 583. The third-order valence-corrected chi connectivity index (χ3v) is 5.10. The number of benzene rings is 1. The number of hydrogen-bond acceptors (Lipinski definition) is 5. The lowest BCUT2D eigenvalue weighted by molar-refractivity contribution is -0.141. The molecular formula is C23H38O5. The van der Waals surface area contributed by atoms with Gasteiger partial charge in [0, 0.05) is 12.5 Å². The summed E-state index contributed by atoms with van der Waals surface area (Å²) in [7, 11) is 3.15. The van der Waals surface area contributed by atoms with E-state index in [1.165, 1.54) is 45.4 Å². The summed E-state index contributed by atoms with van der Waals surface area (Å²) < 4.78 is 15.6. The highest BCUT2D eigenvalue weighted by Gasteiger charge is 2.17. The summed E-state index contributed by atoms with van der Waals surface area (Å²) >= 11 is 0. The lowest BCUT2D eigenvalue weighted by Gasteiger charge is -2.16. The average molecular weight is 395 g/mol. The van der Waals surface area contributed by atoms with Crippen LogP contribution in [0.4, 0.5) is 0 Å². The largest absolute Gasteiger partial charge is 0.504 e. The number of carbonyl (C=O) groups excluding carboxylic acids is 1. The van der Waals surface area contributed by atoms with Crippen LogP contribution in [-0.2, 0) is 22.4 Å². The normalized spacial score (nSPS) is 10.7. The van der Waals surface area contributed by atoms with Crippen molar-refractivity contribution in [3.63, 3.8) is 0 Å². The second kappa shape index (κ2) is 14.1. The van der Waals surface area contributed by atoms with Crippen LogP contribution in [0.2, 0.25) is 0 Å². The summed E-state index contributed by atoms with van der Waals surface area (Å²) in [4.78, 5) is 10.7. The predicted molar refractivity (Wildman–Crippen MR) is 112 cm³/mol. The third kappa shape index (κ3) is 8.41. The minimum Gasteiger partial charge on any atom is -0.504 e. The van der Waals surface area contributed by atoms with Gasteiger partial charge in [0.25, 0.3) is 0 Å². The standard InChI is InChI=1S/C23H38O5/c1-5-19-17-21(26-3)23(27-4)22(25)20(19)15-13-11-9-7-6-8-10-12-14-16-28-18(2)24/h17,25H,5-16H2,1-4H3. The zero-order valence-electron chi connectivity index (χ0n) is 18.1. The SMILES string of the molecule is CCc1cc(OC)c(OC)c(O)c1CCCCCCCCCCCOC(C)=O. The molecule has 0 amide bonds. The van der Waals surface area contributed by atoms with Gasteiger partial charge in [0.05, 0.1) is 20.8 Å². The van der Waals surface area contributed by atoms with Gasteiger partial charge in [0.15, 0.2) is 11.5 Å². The van der Waals surface area contributed by atoms with Gasteiger partial charge in [-0.2, -0.15) is 0 Å². The molecule has 1 aromatic rings. The highest BCUT2D eigenvalue weighted by atomic mass is 16.5. The van der Waals surface area contributed by atoms with Crippen molar-refractivity contribution in [3.05, 3.63) is 17.2 Å². The Hall–Kier alpha value is -1.91. The number of rotatable bonds is 15. The zero-order valence-corrected chi connectivity index (χ0v) is 18.1. The van der Waals surface area contributed by atoms with Crippen LogP contribution in [0.15, 0.2) is 6.07 Å². The van der Waals surface area contributed by atoms with Crippen LogP contribution in [0.1, 0.15) is 82.8 Å². The van der Waals surface area contributed by atoms with Gasteiger partial charge >= 0.3 is 5.97 Å². The van der Waals surface area contributed by atoms with Crippen LogP contribution in [0.5, 0.6) is 17.2 Å². The maximum atomic E-state index is 10.7. The predicted octanol–water partition coefficient (Wildman–Crippen LogP) is 5.59. The van der Waals surface area contributed by atoms with Crippen molar-refractivity contribution in [3.8, 4) is 17.2 Å². The number of phenolic OH excluding ortho intramolecular Hbond substituents is 1.